The lowest BCUT2D eigenvalue weighted by Gasteiger charge is -2.36. The number of carboxylic acid groups (broad SMARTS) is 1. The third-order valence-electron chi connectivity index (χ3n) is 4.11. The predicted octanol–water partition coefficient (Wildman–Crippen LogP) is 5.51. The lowest BCUT2D eigenvalue weighted by atomic mass is 9.97. The van der Waals surface area contributed by atoms with E-state index in [9.17, 15) is 9.90 Å². The molecule has 1 amide bonds. The molecular weight excluding hydrogens is 432 g/mol. The number of pyridine rings is 1. The highest BCUT2D eigenvalue weighted by atomic mass is 79.9. The summed E-state index contributed by atoms with van der Waals surface area (Å²) in [6, 6.07) is 11.8. The monoisotopic (exact) mass is 454 g/mol. The minimum absolute atomic E-state index is 0.0165. The first-order valence-corrected chi connectivity index (χ1v) is 9.82. The van der Waals surface area contributed by atoms with Crippen molar-refractivity contribution in [3.63, 3.8) is 0 Å². The Labute approximate surface area is 173 Å². The van der Waals surface area contributed by atoms with Gasteiger partial charge in [0.15, 0.2) is 0 Å². The van der Waals surface area contributed by atoms with Crippen molar-refractivity contribution >= 4 is 33.6 Å². The summed E-state index contributed by atoms with van der Waals surface area (Å²) < 4.78 is 6.55. The molecule has 0 radical (unpaired) electrons. The van der Waals surface area contributed by atoms with Crippen molar-refractivity contribution in [2.45, 2.75) is 32.7 Å². The number of rotatable bonds is 7. The molecule has 7 heteroatoms. The van der Waals surface area contributed by atoms with Gasteiger partial charge in [-0.05, 0) is 54.8 Å². The lowest BCUT2D eigenvalue weighted by Crippen LogP contribution is -2.48. The Morgan fingerprint density at radius 1 is 1.33 bits per heavy atom. The highest BCUT2D eigenvalue weighted by Crippen LogP contribution is 2.25. The number of aromatic nitrogens is 1. The van der Waals surface area contributed by atoms with Crippen LogP contribution < -0.4 is 4.74 Å². The van der Waals surface area contributed by atoms with Crippen molar-refractivity contribution in [1.29, 1.82) is 0 Å². The number of halogens is 2. The fraction of sp³-hybridized carbons (Fsp3) is 0.400. The topological polar surface area (TPSA) is 62.7 Å². The van der Waals surface area contributed by atoms with Gasteiger partial charge in [-0.1, -0.05) is 41.9 Å². The van der Waals surface area contributed by atoms with Gasteiger partial charge in [0.25, 0.3) is 0 Å². The number of carbonyl (C=O) groups is 1. The molecule has 1 aromatic carbocycles. The van der Waals surface area contributed by atoms with Crippen LogP contribution in [0, 0.1) is 5.92 Å². The van der Waals surface area contributed by atoms with Crippen LogP contribution in [0.3, 0.4) is 0 Å². The molecule has 0 saturated carbocycles. The molecule has 0 bridgehead atoms. The molecule has 1 N–H and O–H groups in total. The zero-order valence-electron chi connectivity index (χ0n) is 15.7. The Hall–Kier alpha value is -1.79. The van der Waals surface area contributed by atoms with Crippen LogP contribution in [0.2, 0.25) is 5.15 Å². The first-order chi connectivity index (χ1) is 12.7. The summed E-state index contributed by atoms with van der Waals surface area (Å²) >= 11 is 9.25. The molecule has 2 aromatic rings. The summed E-state index contributed by atoms with van der Waals surface area (Å²) in [5.74, 6) is 0.569. The van der Waals surface area contributed by atoms with E-state index in [1.807, 2.05) is 51.1 Å². The van der Waals surface area contributed by atoms with Crippen LogP contribution in [-0.2, 0) is 6.42 Å². The van der Waals surface area contributed by atoms with Crippen LogP contribution >= 0.6 is 27.5 Å². The van der Waals surface area contributed by atoms with Crippen molar-refractivity contribution in [3.8, 4) is 5.75 Å². The lowest BCUT2D eigenvalue weighted by molar-refractivity contribution is 0.0801. The number of hydrogen-bond donors (Lipinski definition) is 1. The van der Waals surface area contributed by atoms with E-state index in [4.69, 9.17) is 16.3 Å². The molecule has 1 atom stereocenters. The van der Waals surface area contributed by atoms with Crippen LogP contribution in [-0.4, -0.2) is 39.8 Å². The average Bonchev–Trinajstić information content (AvgIpc) is 2.59. The number of ether oxygens (including phenoxy) is 1. The van der Waals surface area contributed by atoms with E-state index in [0.29, 0.717) is 34.9 Å². The second kappa shape index (κ2) is 9.42. The van der Waals surface area contributed by atoms with E-state index >= 15 is 0 Å². The zero-order chi connectivity index (χ0) is 20.0. The minimum atomic E-state index is -0.934. The summed E-state index contributed by atoms with van der Waals surface area (Å²) in [5, 5.41) is 10.00. The molecule has 0 fully saturated rings. The summed E-state index contributed by atoms with van der Waals surface area (Å²) in [5.41, 5.74) is 0.645. The first-order valence-electron chi connectivity index (χ1n) is 8.65. The van der Waals surface area contributed by atoms with Crippen molar-refractivity contribution in [2.24, 2.45) is 5.92 Å². The second-order valence-corrected chi connectivity index (χ2v) is 8.59. The summed E-state index contributed by atoms with van der Waals surface area (Å²) in [4.78, 5) is 17.3. The third kappa shape index (κ3) is 6.70. The van der Waals surface area contributed by atoms with Crippen molar-refractivity contribution in [2.75, 3.05) is 13.2 Å². The average molecular weight is 456 g/mol. The Morgan fingerprint density at radius 2 is 2.00 bits per heavy atom. The van der Waals surface area contributed by atoms with E-state index in [2.05, 4.69) is 20.9 Å². The van der Waals surface area contributed by atoms with Gasteiger partial charge in [-0.25, -0.2) is 9.78 Å². The first kappa shape index (κ1) is 21.5. The fourth-order valence-electron chi connectivity index (χ4n) is 2.72. The van der Waals surface area contributed by atoms with Crippen LogP contribution in [0.1, 0.15) is 26.3 Å². The van der Waals surface area contributed by atoms with Crippen molar-refractivity contribution < 1.29 is 14.6 Å². The standard InChI is InChI=1S/C20H24BrClN2O3/c1-20(2,3)24(19(25)26)12-15(9-14-7-5-4-6-8-14)13-27-16-10-17(21)18(22)23-11-16/h4-8,10-11,15H,9,12-13H2,1-3H3,(H,25,26)/t15-/m0/s1. The predicted molar refractivity (Wildman–Crippen MR) is 111 cm³/mol. The van der Waals surface area contributed by atoms with Crippen LogP contribution in [0.4, 0.5) is 4.79 Å². The van der Waals surface area contributed by atoms with Gasteiger partial charge in [-0.3, -0.25) is 0 Å². The normalized spacial score (nSPS) is 12.5. The zero-order valence-corrected chi connectivity index (χ0v) is 18.0. The van der Waals surface area contributed by atoms with Gasteiger partial charge in [-0.2, -0.15) is 0 Å². The maximum Gasteiger partial charge on any atom is 0.407 e. The fourth-order valence-corrected chi connectivity index (χ4v) is 3.15. The second-order valence-electron chi connectivity index (χ2n) is 7.37. The summed E-state index contributed by atoms with van der Waals surface area (Å²) in [6.07, 6.45) is 1.34. The highest BCUT2D eigenvalue weighted by molar-refractivity contribution is 9.10. The van der Waals surface area contributed by atoms with Gasteiger partial charge in [-0.15, -0.1) is 0 Å². The van der Waals surface area contributed by atoms with Gasteiger partial charge in [0.1, 0.15) is 10.9 Å². The largest absolute Gasteiger partial charge is 0.492 e. The van der Waals surface area contributed by atoms with Gasteiger partial charge >= 0.3 is 6.09 Å². The molecule has 1 heterocycles. The minimum Gasteiger partial charge on any atom is -0.492 e. The molecule has 0 aliphatic heterocycles. The molecule has 0 spiro atoms. The molecule has 2 rings (SSSR count). The highest BCUT2D eigenvalue weighted by Gasteiger charge is 2.29. The van der Waals surface area contributed by atoms with Gasteiger partial charge < -0.3 is 14.7 Å². The number of amides is 1. The Balaban J connectivity index is 2.15. The molecule has 0 saturated heterocycles. The summed E-state index contributed by atoms with van der Waals surface area (Å²) in [6.45, 7) is 6.41. The van der Waals surface area contributed by atoms with Gasteiger partial charge in [0, 0.05) is 18.0 Å². The van der Waals surface area contributed by atoms with E-state index in [1.54, 1.807) is 12.3 Å². The number of benzene rings is 1. The van der Waals surface area contributed by atoms with E-state index in [-0.39, 0.29) is 5.92 Å². The Morgan fingerprint density at radius 3 is 2.56 bits per heavy atom. The van der Waals surface area contributed by atoms with Gasteiger partial charge in [0.2, 0.25) is 0 Å². The van der Waals surface area contributed by atoms with E-state index in [1.165, 1.54) is 4.90 Å². The molecule has 0 unspecified atom stereocenters. The molecule has 146 valence electrons. The molecule has 5 nitrogen and oxygen atoms in total. The SMILES string of the molecule is CC(C)(C)N(C[C@@H](COc1cnc(Cl)c(Br)c1)Cc1ccccc1)C(=O)O. The van der Waals surface area contributed by atoms with Crippen molar-refractivity contribution in [3.05, 3.63) is 57.8 Å². The third-order valence-corrected chi connectivity index (χ3v) is 5.24. The molecule has 27 heavy (non-hydrogen) atoms. The molecule has 0 aliphatic rings. The molecule has 1 aromatic heterocycles. The maximum atomic E-state index is 11.7. The van der Waals surface area contributed by atoms with E-state index < -0.39 is 11.6 Å². The van der Waals surface area contributed by atoms with Crippen LogP contribution in [0.25, 0.3) is 0 Å². The van der Waals surface area contributed by atoms with Crippen LogP contribution in [0.15, 0.2) is 47.1 Å². The van der Waals surface area contributed by atoms with E-state index in [0.717, 1.165) is 5.56 Å². The smallest absolute Gasteiger partial charge is 0.407 e. The quantitative estimate of drug-likeness (QED) is 0.559. The molecule has 0 aliphatic carbocycles. The maximum absolute atomic E-state index is 11.7. The Kier molecular flexibility index (Phi) is 7.50. The Bertz CT molecular complexity index is 766. The molecular formula is C20H24BrClN2O3. The summed E-state index contributed by atoms with van der Waals surface area (Å²) in [7, 11) is 0. The van der Waals surface area contributed by atoms with Crippen LogP contribution in [0.5, 0.6) is 5.75 Å². The number of hydrogen-bond acceptors (Lipinski definition) is 3. The number of nitrogens with zero attached hydrogens (tertiary/aromatic N) is 2. The van der Waals surface area contributed by atoms with Crippen molar-refractivity contribution in [1.82, 2.24) is 9.88 Å². The van der Waals surface area contributed by atoms with Gasteiger partial charge in [0.05, 0.1) is 17.3 Å².